The smallest absolute Gasteiger partial charge is 0.269 e. The van der Waals surface area contributed by atoms with Crippen LogP contribution >= 0.6 is 11.8 Å². The molecular formula is C27H23N3O4S. The summed E-state index contributed by atoms with van der Waals surface area (Å²) in [5.74, 6) is 0.169. The topological polar surface area (TPSA) is 92.5 Å². The van der Waals surface area contributed by atoms with Crippen molar-refractivity contribution in [2.45, 2.75) is 24.4 Å². The Morgan fingerprint density at radius 3 is 2.51 bits per heavy atom. The number of carbonyl (C=O) groups excluding carboxylic acids is 2. The van der Waals surface area contributed by atoms with Crippen molar-refractivity contribution >= 4 is 34.8 Å². The molecule has 1 amide bonds. The Morgan fingerprint density at radius 1 is 1.09 bits per heavy atom. The van der Waals surface area contributed by atoms with Gasteiger partial charge in [0.05, 0.1) is 10.8 Å². The van der Waals surface area contributed by atoms with Gasteiger partial charge in [0.2, 0.25) is 5.91 Å². The van der Waals surface area contributed by atoms with E-state index in [2.05, 4.69) is 10.2 Å². The molecule has 2 saturated heterocycles. The monoisotopic (exact) mass is 485 g/mol. The molecule has 0 radical (unpaired) electrons. The highest BCUT2D eigenvalue weighted by Crippen LogP contribution is 2.61. The van der Waals surface area contributed by atoms with Gasteiger partial charge in [-0.05, 0) is 18.6 Å². The number of aryl methyl sites for hydroxylation is 1. The van der Waals surface area contributed by atoms with E-state index in [1.807, 2.05) is 55.5 Å². The summed E-state index contributed by atoms with van der Waals surface area (Å²) in [4.78, 5) is 41.3. The number of thioether (sulfide) groups is 1. The number of nitrogens with one attached hydrogen (secondary N) is 1. The Labute approximate surface area is 206 Å². The van der Waals surface area contributed by atoms with Gasteiger partial charge in [0, 0.05) is 52.5 Å². The van der Waals surface area contributed by atoms with Crippen LogP contribution in [0.15, 0.2) is 72.8 Å². The van der Waals surface area contributed by atoms with E-state index in [-0.39, 0.29) is 29.3 Å². The molecule has 7 nitrogen and oxygen atoms in total. The van der Waals surface area contributed by atoms with E-state index >= 15 is 0 Å². The largest absolute Gasteiger partial charge is 0.324 e. The molecule has 1 spiro atoms. The number of rotatable bonds is 4. The number of nitro groups is 1. The number of hydrogen-bond donors (Lipinski definition) is 1. The molecule has 8 heteroatoms. The first-order chi connectivity index (χ1) is 16.9. The maximum atomic E-state index is 14.3. The summed E-state index contributed by atoms with van der Waals surface area (Å²) >= 11 is 1.75. The number of Topliss-reactive ketones (excluding diaryl/α,β-unsaturated/α-hetero) is 1. The molecule has 3 aromatic carbocycles. The number of benzene rings is 3. The number of nitro benzene ring substituents is 1. The molecule has 0 saturated carbocycles. The molecule has 3 aliphatic heterocycles. The van der Waals surface area contributed by atoms with Crippen molar-refractivity contribution in [1.82, 2.24) is 4.90 Å². The van der Waals surface area contributed by atoms with Crippen LogP contribution in [-0.4, -0.2) is 39.2 Å². The number of carbonyl (C=O) groups is 2. The highest BCUT2D eigenvalue weighted by molar-refractivity contribution is 7.99. The lowest BCUT2D eigenvalue weighted by Crippen LogP contribution is -2.52. The van der Waals surface area contributed by atoms with Crippen LogP contribution in [0.4, 0.5) is 11.4 Å². The molecule has 2 fully saturated rings. The predicted molar refractivity (Wildman–Crippen MR) is 135 cm³/mol. The van der Waals surface area contributed by atoms with E-state index in [0.717, 1.165) is 28.1 Å². The summed E-state index contributed by atoms with van der Waals surface area (Å²) in [5, 5.41) is 14.3. The second-order valence-corrected chi connectivity index (χ2v) is 10.4. The molecule has 176 valence electrons. The predicted octanol–water partition coefficient (Wildman–Crippen LogP) is 4.72. The third-order valence-corrected chi connectivity index (χ3v) is 8.67. The van der Waals surface area contributed by atoms with E-state index in [4.69, 9.17) is 0 Å². The van der Waals surface area contributed by atoms with Gasteiger partial charge in [-0.2, -0.15) is 0 Å². The minimum absolute atomic E-state index is 0.00415. The number of amides is 1. The van der Waals surface area contributed by atoms with Gasteiger partial charge in [0.1, 0.15) is 5.54 Å². The lowest BCUT2D eigenvalue weighted by molar-refractivity contribution is -0.384. The third-order valence-electron chi connectivity index (χ3n) is 7.64. The van der Waals surface area contributed by atoms with Crippen LogP contribution in [0.5, 0.6) is 0 Å². The zero-order valence-electron chi connectivity index (χ0n) is 19.0. The molecule has 0 bridgehead atoms. The van der Waals surface area contributed by atoms with Crippen LogP contribution in [0.1, 0.15) is 33.0 Å². The van der Waals surface area contributed by atoms with Crippen LogP contribution in [0, 0.1) is 23.0 Å². The summed E-state index contributed by atoms with van der Waals surface area (Å²) in [6.07, 6.45) is 0. The quantitative estimate of drug-likeness (QED) is 0.327. The first-order valence-electron chi connectivity index (χ1n) is 11.5. The van der Waals surface area contributed by atoms with Gasteiger partial charge < -0.3 is 5.32 Å². The SMILES string of the molecule is Cc1ccc(C(=O)[C@H]2[C@@H](c3ccc([N+](=O)[O-])cc3)[C@@H]3CSCN3[C@]23C(=O)Nc2ccccc23)cc1. The average Bonchev–Trinajstić information content (AvgIpc) is 3.52. The Balaban J connectivity index is 1.58. The second kappa shape index (κ2) is 8.03. The van der Waals surface area contributed by atoms with Crippen molar-refractivity contribution in [3.05, 3.63) is 105 Å². The second-order valence-electron chi connectivity index (χ2n) is 9.39. The third kappa shape index (κ3) is 3.10. The molecule has 4 atom stereocenters. The zero-order valence-corrected chi connectivity index (χ0v) is 19.8. The number of nitrogens with zero attached hydrogens (tertiary/aromatic N) is 2. The van der Waals surface area contributed by atoms with E-state index in [1.165, 1.54) is 12.1 Å². The van der Waals surface area contributed by atoms with Crippen LogP contribution in [-0.2, 0) is 10.3 Å². The van der Waals surface area contributed by atoms with Gasteiger partial charge in [-0.25, -0.2) is 0 Å². The minimum Gasteiger partial charge on any atom is -0.324 e. The summed E-state index contributed by atoms with van der Waals surface area (Å²) in [6.45, 7) is 1.97. The van der Waals surface area contributed by atoms with Gasteiger partial charge in [-0.3, -0.25) is 24.6 Å². The maximum Gasteiger partial charge on any atom is 0.269 e. The highest BCUT2D eigenvalue weighted by atomic mass is 32.2. The van der Waals surface area contributed by atoms with E-state index in [9.17, 15) is 19.7 Å². The lowest BCUT2D eigenvalue weighted by Gasteiger charge is -2.36. The standard InChI is InChI=1S/C27H23N3O4S/c1-16-6-8-18(9-7-16)25(31)24-23(17-10-12-19(13-11-17)30(33)34)22-14-35-15-29(22)27(24)20-4-2-3-5-21(20)28-26(27)32/h2-13,22-24H,14-15H2,1H3,(H,28,32)/t22-,23-,24+,27-/m0/s1. The first-order valence-corrected chi connectivity index (χ1v) is 12.7. The van der Waals surface area contributed by atoms with Gasteiger partial charge in [0.25, 0.3) is 5.69 Å². The maximum absolute atomic E-state index is 14.3. The Bertz CT molecular complexity index is 1360. The molecule has 6 rings (SSSR count). The summed E-state index contributed by atoms with van der Waals surface area (Å²) in [5.41, 5.74) is 2.89. The van der Waals surface area contributed by atoms with E-state index < -0.39 is 16.4 Å². The van der Waals surface area contributed by atoms with Crippen molar-refractivity contribution in [2.75, 3.05) is 16.9 Å². The summed E-state index contributed by atoms with van der Waals surface area (Å²) in [6, 6.07) is 21.5. The van der Waals surface area contributed by atoms with E-state index in [0.29, 0.717) is 11.4 Å². The molecule has 0 aliphatic carbocycles. The van der Waals surface area contributed by atoms with Gasteiger partial charge in [0.15, 0.2) is 5.78 Å². The van der Waals surface area contributed by atoms with Crippen LogP contribution in [0.25, 0.3) is 0 Å². The Kier molecular flexibility index (Phi) is 5.05. The molecule has 3 heterocycles. The fourth-order valence-corrected chi connectivity index (χ4v) is 7.45. The number of anilines is 1. The van der Waals surface area contributed by atoms with Gasteiger partial charge in [-0.1, -0.05) is 60.2 Å². The van der Waals surface area contributed by atoms with Gasteiger partial charge in [-0.15, -0.1) is 11.8 Å². The summed E-state index contributed by atoms with van der Waals surface area (Å²) in [7, 11) is 0. The van der Waals surface area contributed by atoms with Crippen LogP contribution in [0.2, 0.25) is 0 Å². The molecule has 3 aliphatic rings. The lowest BCUT2D eigenvalue weighted by atomic mass is 9.69. The highest BCUT2D eigenvalue weighted by Gasteiger charge is 2.69. The molecule has 0 unspecified atom stereocenters. The minimum atomic E-state index is -1.14. The number of ketones is 1. The molecule has 1 N–H and O–H groups in total. The average molecular weight is 486 g/mol. The normalized spacial score (nSPS) is 27.0. The van der Waals surface area contributed by atoms with Crippen molar-refractivity contribution in [3.63, 3.8) is 0 Å². The molecule has 0 aromatic heterocycles. The molecule has 3 aromatic rings. The van der Waals surface area contributed by atoms with Crippen molar-refractivity contribution in [1.29, 1.82) is 0 Å². The van der Waals surface area contributed by atoms with Crippen molar-refractivity contribution in [2.24, 2.45) is 5.92 Å². The summed E-state index contributed by atoms with van der Waals surface area (Å²) < 4.78 is 0. The first kappa shape index (κ1) is 22.0. The van der Waals surface area contributed by atoms with Gasteiger partial charge >= 0.3 is 0 Å². The number of non-ortho nitro benzene ring substituents is 1. The Morgan fingerprint density at radius 2 is 1.80 bits per heavy atom. The fraction of sp³-hybridized carbons (Fsp3) is 0.259. The zero-order chi connectivity index (χ0) is 24.3. The molecular weight excluding hydrogens is 462 g/mol. The van der Waals surface area contributed by atoms with Crippen molar-refractivity contribution < 1.29 is 14.5 Å². The number of hydrogen-bond acceptors (Lipinski definition) is 6. The number of fused-ring (bicyclic) bond motifs is 4. The van der Waals surface area contributed by atoms with Crippen LogP contribution < -0.4 is 5.32 Å². The van der Waals surface area contributed by atoms with E-state index in [1.54, 1.807) is 23.9 Å². The molecule has 35 heavy (non-hydrogen) atoms. The number of para-hydroxylation sites is 1. The fourth-order valence-electron chi connectivity index (χ4n) is 6.12. The van der Waals surface area contributed by atoms with Crippen LogP contribution in [0.3, 0.4) is 0 Å². The Hall–Kier alpha value is -3.49. The van der Waals surface area contributed by atoms with Crippen molar-refractivity contribution in [3.8, 4) is 0 Å².